The quantitative estimate of drug-likeness (QED) is 0.902. The zero-order valence-corrected chi connectivity index (χ0v) is 12.8. The average molecular weight is 307 g/mol. The number of sulfonamides is 1. The van der Waals surface area contributed by atoms with Crippen LogP contribution in [0.25, 0.3) is 0 Å². The largest absolute Gasteiger partial charge is 0.280 e. The summed E-state index contributed by atoms with van der Waals surface area (Å²) >= 11 is 0. The molecule has 0 amide bonds. The zero-order chi connectivity index (χ0) is 15.5. The lowest BCUT2D eigenvalue weighted by atomic mass is 9.99. The minimum Gasteiger partial charge on any atom is -0.280 e. The molecule has 1 atom stereocenters. The van der Waals surface area contributed by atoms with Gasteiger partial charge in [0.2, 0.25) is 0 Å². The third kappa shape index (κ3) is 3.82. The van der Waals surface area contributed by atoms with Crippen LogP contribution in [0.1, 0.15) is 31.7 Å². The number of halogens is 1. The first kappa shape index (κ1) is 15.5. The van der Waals surface area contributed by atoms with Crippen molar-refractivity contribution in [2.45, 2.75) is 31.1 Å². The summed E-state index contributed by atoms with van der Waals surface area (Å²) in [5.74, 6) is -0.149. The summed E-state index contributed by atoms with van der Waals surface area (Å²) in [4.78, 5) is -0.0893. The smallest absolute Gasteiger partial charge is 0.261 e. The van der Waals surface area contributed by atoms with E-state index in [-0.39, 0.29) is 4.90 Å². The van der Waals surface area contributed by atoms with E-state index < -0.39 is 15.8 Å². The van der Waals surface area contributed by atoms with Gasteiger partial charge in [-0.3, -0.25) is 4.72 Å². The van der Waals surface area contributed by atoms with Crippen molar-refractivity contribution in [3.8, 4) is 0 Å². The Morgan fingerprint density at radius 1 is 1.14 bits per heavy atom. The Morgan fingerprint density at radius 3 is 2.38 bits per heavy atom. The second kappa shape index (κ2) is 6.26. The number of benzene rings is 2. The highest BCUT2D eigenvalue weighted by molar-refractivity contribution is 7.92. The lowest BCUT2D eigenvalue weighted by Crippen LogP contribution is -2.13. The van der Waals surface area contributed by atoms with E-state index in [9.17, 15) is 12.8 Å². The molecule has 0 aliphatic heterocycles. The third-order valence-corrected chi connectivity index (χ3v) is 4.83. The number of nitrogens with one attached hydrogen (secondary N) is 1. The van der Waals surface area contributed by atoms with E-state index in [2.05, 4.69) is 18.6 Å². The predicted octanol–water partition coefficient (Wildman–Crippen LogP) is 4.14. The number of hydrogen-bond donors (Lipinski definition) is 1. The molecule has 0 heterocycles. The van der Waals surface area contributed by atoms with Crippen LogP contribution in [-0.2, 0) is 10.0 Å². The Labute approximate surface area is 124 Å². The molecule has 3 nitrogen and oxygen atoms in total. The van der Waals surface area contributed by atoms with Gasteiger partial charge < -0.3 is 0 Å². The maximum atomic E-state index is 13.1. The van der Waals surface area contributed by atoms with Gasteiger partial charge in [-0.15, -0.1) is 0 Å². The van der Waals surface area contributed by atoms with Crippen molar-refractivity contribution in [1.82, 2.24) is 0 Å². The third-order valence-electron chi connectivity index (χ3n) is 3.45. The van der Waals surface area contributed by atoms with Crippen molar-refractivity contribution in [3.05, 3.63) is 59.9 Å². The molecule has 0 unspecified atom stereocenters. The van der Waals surface area contributed by atoms with Gasteiger partial charge in [-0.2, -0.15) is 0 Å². The van der Waals surface area contributed by atoms with Crippen LogP contribution in [0.2, 0.25) is 0 Å². The highest BCUT2D eigenvalue weighted by Crippen LogP contribution is 2.22. The molecule has 0 bridgehead atoms. The monoisotopic (exact) mass is 307 g/mol. The summed E-state index contributed by atoms with van der Waals surface area (Å²) in [5.41, 5.74) is 1.62. The van der Waals surface area contributed by atoms with Gasteiger partial charge in [0.15, 0.2) is 0 Å². The molecular formula is C16H18FNO2S. The van der Waals surface area contributed by atoms with Crippen molar-refractivity contribution in [2.75, 3.05) is 4.72 Å². The summed E-state index contributed by atoms with van der Waals surface area (Å²) in [6, 6.07) is 12.2. The molecule has 0 fully saturated rings. The topological polar surface area (TPSA) is 46.2 Å². The van der Waals surface area contributed by atoms with E-state index in [1.807, 2.05) is 12.1 Å². The molecular weight excluding hydrogens is 289 g/mol. The molecule has 21 heavy (non-hydrogen) atoms. The lowest BCUT2D eigenvalue weighted by molar-refractivity contribution is 0.595. The van der Waals surface area contributed by atoms with Gasteiger partial charge in [0.1, 0.15) is 5.82 Å². The van der Waals surface area contributed by atoms with Gasteiger partial charge >= 0.3 is 0 Å². The molecule has 5 heteroatoms. The van der Waals surface area contributed by atoms with Gasteiger partial charge in [0.25, 0.3) is 10.0 Å². The molecule has 0 radical (unpaired) electrons. The van der Waals surface area contributed by atoms with E-state index in [4.69, 9.17) is 0 Å². The average Bonchev–Trinajstić information content (AvgIpc) is 2.47. The van der Waals surface area contributed by atoms with Gasteiger partial charge in [0, 0.05) is 5.69 Å². The molecule has 112 valence electrons. The molecule has 0 saturated heterocycles. The highest BCUT2D eigenvalue weighted by atomic mass is 32.2. The fraction of sp³-hybridized carbons (Fsp3) is 0.250. The first-order valence-corrected chi connectivity index (χ1v) is 8.29. The molecule has 0 saturated carbocycles. The van der Waals surface area contributed by atoms with Crippen LogP contribution < -0.4 is 4.72 Å². The van der Waals surface area contributed by atoms with Crippen LogP contribution in [0.3, 0.4) is 0 Å². The minimum atomic E-state index is -3.76. The standard InChI is InChI=1S/C16H18FNO2S/c1-3-12(2)13-7-9-15(10-8-13)18-21(19,20)16-6-4-5-14(17)11-16/h4-12,18H,3H2,1-2H3/t12-/m0/s1. The van der Waals surface area contributed by atoms with Crippen molar-refractivity contribution in [2.24, 2.45) is 0 Å². The minimum absolute atomic E-state index is 0.0893. The molecule has 2 aromatic carbocycles. The predicted molar refractivity (Wildman–Crippen MR) is 82.4 cm³/mol. The zero-order valence-electron chi connectivity index (χ0n) is 12.0. The fourth-order valence-corrected chi connectivity index (χ4v) is 3.05. The van der Waals surface area contributed by atoms with Gasteiger partial charge in [-0.1, -0.05) is 32.0 Å². The Bertz CT molecular complexity index is 711. The number of rotatable bonds is 5. The van der Waals surface area contributed by atoms with Gasteiger partial charge in [-0.25, -0.2) is 12.8 Å². The van der Waals surface area contributed by atoms with Crippen molar-refractivity contribution in [3.63, 3.8) is 0 Å². The molecule has 2 rings (SSSR count). The number of hydrogen-bond acceptors (Lipinski definition) is 2. The second-order valence-corrected chi connectivity index (χ2v) is 6.68. The van der Waals surface area contributed by atoms with E-state index in [1.54, 1.807) is 12.1 Å². The Kier molecular flexibility index (Phi) is 4.63. The van der Waals surface area contributed by atoms with E-state index >= 15 is 0 Å². The van der Waals surface area contributed by atoms with Crippen LogP contribution in [0.4, 0.5) is 10.1 Å². The van der Waals surface area contributed by atoms with Gasteiger partial charge in [0.05, 0.1) is 4.90 Å². The molecule has 0 spiro atoms. The summed E-state index contributed by atoms with van der Waals surface area (Å²) in [5, 5.41) is 0. The molecule has 2 aromatic rings. The number of anilines is 1. The van der Waals surface area contributed by atoms with E-state index in [0.29, 0.717) is 11.6 Å². The maximum absolute atomic E-state index is 13.1. The second-order valence-electron chi connectivity index (χ2n) is 4.99. The Morgan fingerprint density at radius 2 is 1.81 bits per heavy atom. The van der Waals surface area contributed by atoms with Crippen LogP contribution >= 0.6 is 0 Å². The molecule has 0 aromatic heterocycles. The van der Waals surface area contributed by atoms with Crippen LogP contribution in [0.15, 0.2) is 53.4 Å². The van der Waals surface area contributed by atoms with E-state index in [0.717, 1.165) is 18.1 Å². The SMILES string of the molecule is CC[C@H](C)c1ccc(NS(=O)(=O)c2cccc(F)c2)cc1. The molecule has 0 aliphatic carbocycles. The van der Waals surface area contributed by atoms with Crippen molar-refractivity contribution in [1.29, 1.82) is 0 Å². The van der Waals surface area contributed by atoms with Crippen LogP contribution in [0, 0.1) is 5.82 Å². The van der Waals surface area contributed by atoms with Gasteiger partial charge in [-0.05, 0) is 48.2 Å². The molecule has 0 aliphatic rings. The molecule has 1 N–H and O–H groups in total. The van der Waals surface area contributed by atoms with E-state index in [1.165, 1.54) is 18.2 Å². The van der Waals surface area contributed by atoms with Crippen LogP contribution in [0.5, 0.6) is 0 Å². The first-order valence-electron chi connectivity index (χ1n) is 6.80. The summed E-state index contributed by atoms with van der Waals surface area (Å²) in [6.07, 6.45) is 1.02. The summed E-state index contributed by atoms with van der Waals surface area (Å²) < 4.78 is 39.9. The maximum Gasteiger partial charge on any atom is 0.261 e. The lowest BCUT2D eigenvalue weighted by Gasteiger charge is -2.11. The van der Waals surface area contributed by atoms with Crippen LogP contribution in [-0.4, -0.2) is 8.42 Å². The fourth-order valence-electron chi connectivity index (χ4n) is 1.96. The summed E-state index contributed by atoms with van der Waals surface area (Å²) in [6.45, 7) is 4.22. The van der Waals surface area contributed by atoms with Crippen molar-refractivity contribution < 1.29 is 12.8 Å². The van der Waals surface area contributed by atoms with Crippen molar-refractivity contribution >= 4 is 15.7 Å². The Hall–Kier alpha value is -1.88. The normalized spacial score (nSPS) is 12.9. The summed E-state index contributed by atoms with van der Waals surface area (Å²) in [7, 11) is -3.76. The Balaban J connectivity index is 2.21. The highest BCUT2D eigenvalue weighted by Gasteiger charge is 2.14. The first-order chi connectivity index (χ1) is 9.92.